The van der Waals surface area contributed by atoms with Gasteiger partial charge < -0.3 is 10.5 Å². The van der Waals surface area contributed by atoms with Gasteiger partial charge in [0.25, 0.3) is 10.0 Å². The summed E-state index contributed by atoms with van der Waals surface area (Å²) < 4.78 is 32.1. The first-order chi connectivity index (χ1) is 9.83. The molecule has 0 unspecified atom stereocenters. The number of hydrogen-bond donors (Lipinski definition) is 2. The molecular weight excluding hydrogens is 352 g/mol. The van der Waals surface area contributed by atoms with Crippen LogP contribution in [0.3, 0.4) is 0 Å². The van der Waals surface area contributed by atoms with Crippen LogP contribution in [0, 0.1) is 0 Å². The van der Waals surface area contributed by atoms with Crippen molar-refractivity contribution >= 4 is 55.9 Å². The summed E-state index contributed by atoms with van der Waals surface area (Å²) in [5.74, 6) is 0.381. The predicted octanol–water partition coefficient (Wildman–Crippen LogP) is 2.85. The van der Waals surface area contributed by atoms with E-state index in [9.17, 15) is 8.42 Å². The van der Waals surface area contributed by atoms with Crippen LogP contribution in [-0.2, 0) is 10.0 Å². The number of sulfonamides is 1. The van der Waals surface area contributed by atoms with Gasteiger partial charge >= 0.3 is 0 Å². The van der Waals surface area contributed by atoms with E-state index in [2.05, 4.69) is 4.72 Å². The van der Waals surface area contributed by atoms with E-state index in [1.165, 1.54) is 19.2 Å². The van der Waals surface area contributed by atoms with Crippen molar-refractivity contribution in [2.75, 3.05) is 11.8 Å². The third-order valence-corrected chi connectivity index (χ3v) is 6.15. The first-order valence-electron chi connectivity index (χ1n) is 5.59. The van der Waals surface area contributed by atoms with Crippen molar-refractivity contribution in [3.05, 3.63) is 40.2 Å². The molecule has 0 bridgehead atoms. The molecule has 0 radical (unpaired) electrons. The number of rotatable bonds is 5. The number of halogens is 1. The molecule has 1 aromatic heterocycles. The van der Waals surface area contributed by atoms with Crippen LogP contribution >= 0.6 is 35.2 Å². The number of anilines is 1. The normalized spacial score (nSPS) is 11.1. The first-order valence-corrected chi connectivity index (χ1v) is 8.68. The number of nitrogens with two attached hydrogens (primary N) is 1. The van der Waals surface area contributed by atoms with Crippen LogP contribution < -0.4 is 15.2 Å². The molecule has 2 aromatic rings. The Bertz CT molecular complexity index is 787. The van der Waals surface area contributed by atoms with Gasteiger partial charge in [-0.3, -0.25) is 4.72 Å². The van der Waals surface area contributed by atoms with Gasteiger partial charge in [0.05, 0.1) is 22.7 Å². The van der Waals surface area contributed by atoms with Crippen LogP contribution in [0.1, 0.15) is 4.88 Å². The molecule has 0 saturated heterocycles. The number of benzene rings is 1. The Morgan fingerprint density at radius 3 is 2.67 bits per heavy atom. The summed E-state index contributed by atoms with van der Waals surface area (Å²) in [6.07, 6.45) is 0. The highest BCUT2D eigenvalue weighted by Gasteiger charge is 2.18. The lowest BCUT2D eigenvalue weighted by atomic mass is 10.3. The number of hydrogen-bond acceptors (Lipinski definition) is 5. The van der Waals surface area contributed by atoms with E-state index >= 15 is 0 Å². The molecule has 9 heteroatoms. The van der Waals surface area contributed by atoms with Gasteiger partial charge in [-0.2, -0.15) is 0 Å². The van der Waals surface area contributed by atoms with Crippen LogP contribution in [0.4, 0.5) is 5.69 Å². The van der Waals surface area contributed by atoms with Gasteiger partial charge in [0, 0.05) is 6.07 Å². The molecule has 3 N–H and O–H groups in total. The summed E-state index contributed by atoms with van der Waals surface area (Å²) in [7, 11) is -2.26. The lowest BCUT2D eigenvalue weighted by molar-refractivity contribution is 0.415. The van der Waals surface area contributed by atoms with Gasteiger partial charge in [-0.15, -0.1) is 11.3 Å². The van der Waals surface area contributed by atoms with Crippen molar-refractivity contribution < 1.29 is 13.2 Å². The van der Waals surface area contributed by atoms with Gasteiger partial charge in [-0.25, -0.2) is 8.42 Å². The molecule has 0 fully saturated rings. The van der Waals surface area contributed by atoms with Crippen LogP contribution in [0.25, 0.3) is 0 Å². The maximum atomic E-state index is 12.3. The molecule has 112 valence electrons. The van der Waals surface area contributed by atoms with Gasteiger partial charge in [0.2, 0.25) is 0 Å². The van der Waals surface area contributed by atoms with E-state index in [-0.39, 0.29) is 9.20 Å². The van der Waals surface area contributed by atoms with Crippen LogP contribution in [0.5, 0.6) is 5.75 Å². The molecule has 0 aliphatic carbocycles. The Morgan fingerprint density at radius 1 is 1.38 bits per heavy atom. The van der Waals surface area contributed by atoms with Crippen LogP contribution in [0.15, 0.2) is 34.5 Å². The molecule has 1 heterocycles. The van der Waals surface area contributed by atoms with Crippen molar-refractivity contribution in [2.45, 2.75) is 4.21 Å². The van der Waals surface area contributed by atoms with E-state index in [1.807, 2.05) is 0 Å². The SMILES string of the molecule is COc1cc(NS(=O)(=O)c2ccc(C(N)=S)s2)ccc1Cl. The van der Waals surface area contributed by atoms with Crippen LogP contribution in [-0.4, -0.2) is 20.5 Å². The van der Waals surface area contributed by atoms with E-state index < -0.39 is 10.0 Å². The third kappa shape index (κ3) is 3.65. The number of thiophene rings is 1. The summed E-state index contributed by atoms with van der Waals surface area (Å²) in [5, 5.41) is 0.396. The first kappa shape index (κ1) is 16.0. The van der Waals surface area contributed by atoms with E-state index in [1.54, 1.807) is 18.2 Å². The van der Waals surface area contributed by atoms with E-state index in [0.717, 1.165) is 11.3 Å². The van der Waals surface area contributed by atoms with Crippen LogP contribution in [0.2, 0.25) is 5.02 Å². The molecular formula is C12H11ClN2O3S3. The fraction of sp³-hybridized carbons (Fsp3) is 0.0833. The third-order valence-electron chi connectivity index (χ3n) is 2.49. The van der Waals surface area contributed by atoms with Crippen molar-refractivity contribution in [2.24, 2.45) is 5.73 Å². The second-order valence-electron chi connectivity index (χ2n) is 3.94. The summed E-state index contributed by atoms with van der Waals surface area (Å²) in [6, 6.07) is 7.62. The Kier molecular flexibility index (Phi) is 4.72. The number of nitrogens with one attached hydrogen (secondary N) is 1. The molecule has 0 aliphatic rings. The summed E-state index contributed by atoms with van der Waals surface area (Å²) in [4.78, 5) is 0.702. The average Bonchev–Trinajstić information content (AvgIpc) is 2.91. The van der Waals surface area contributed by atoms with Gasteiger partial charge in [0.1, 0.15) is 14.9 Å². The minimum atomic E-state index is -3.71. The zero-order chi connectivity index (χ0) is 15.6. The molecule has 1 aromatic carbocycles. The lowest BCUT2D eigenvalue weighted by Crippen LogP contribution is -2.11. The number of thiocarbonyl (C=S) groups is 1. The van der Waals surface area contributed by atoms with Crippen molar-refractivity contribution in [1.29, 1.82) is 0 Å². The van der Waals surface area contributed by atoms with Crippen molar-refractivity contribution in [1.82, 2.24) is 0 Å². The number of methoxy groups -OCH3 is 1. The molecule has 0 aliphatic heterocycles. The second kappa shape index (κ2) is 6.18. The quantitative estimate of drug-likeness (QED) is 0.799. The second-order valence-corrected chi connectivity index (χ2v) is 7.78. The topological polar surface area (TPSA) is 81.4 Å². The zero-order valence-corrected chi connectivity index (χ0v) is 14.0. The smallest absolute Gasteiger partial charge is 0.271 e. The van der Waals surface area contributed by atoms with Crippen molar-refractivity contribution in [3.63, 3.8) is 0 Å². The zero-order valence-electron chi connectivity index (χ0n) is 10.8. The fourth-order valence-electron chi connectivity index (χ4n) is 1.53. The maximum absolute atomic E-state index is 12.3. The highest BCUT2D eigenvalue weighted by molar-refractivity contribution is 7.94. The monoisotopic (exact) mass is 362 g/mol. The largest absolute Gasteiger partial charge is 0.495 e. The Hall–Kier alpha value is -1.35. The molecule has 0 spiro atoms. The highest BCUT2D eigenvalue weighted by atomic mass is 35.5. The minimum Gasteiger partial charge on any atom is -0.495 e. The Labute approximate surface area is 136 Å². The molecule has 0 amide bonds. The number of ether oxygens (including phenoxy) is 1. The van der Waals surface area contributed by atoms with Gasteiger partial charge in [-0.1, -0.05) is 23.8 Å². The standard InChI is InChI=1S/C12H11ClN2O3S3/c1-18-9-6-7(2-3-8(9)13)15-21(16,17)11-5-4-10(20-11)12(14)19/h2-6,15H,1H3,(H2,14,19). The highest BCUT2D eigenvalue weighted by Crippen LogP contribution is 2.29. The summed E-state index contributed by atoms with van der Waals surface area (Å²) in [6.45, 7) is 0. The van der Waals surface area contributed by atoms with Gasteiger partial charge in [-0.05, 0) is 24.3 Å². The predicted molar refractivity (Wildman–Crippen MR) is 89.0 cm³/mol. The molecule has 0 saturated carbocycles. The lowest BCUT2D eigenvalue weighted by Gasteiger charge is -2.09. The summed E-state index contributed by atoms with van der Waals surface area (Å²) in [5.41, 5.74) is 5.82. The fourth-order valence-corrected chi connectivity index (χ4v) is 4.12. The molecule has 5 nitrogen and oxygen atoms in total. The van der Waals surface area contributed by atoms with Crippen molar-refractivity contribution in [3.8, 4) is 5.75 Å². The Balaban J connectivity index is 2.30. The van der Waals surface area contributed by atoms with E-state index in [4.69, 9.17) is 34.3 Å². The van der Waals surface area contributed by atoms with Gasteiger partial charge in [0.15, 0.2) is 0 Å². The summed E-state index contributed by atoms with van der Waals surface area (Å²) >= 11 is 11.7. The molecule has 2 rings (SSSR count). The Morgan fingerprint density at radius 2 is 2.10 bits per heavy atom. The molecule has 21 heavy (non-hydrogen) atoms. The maximum Gasteiger partial charge on any atom is 0.271 e. The molecule has 0 atom stereocenters. The minimum absolute atomic E-state index is 0.124. The van der Waals surface area contributed by atoms with E-state index in [0.29, 0.717) is 21.3 Å². The average molecular weight is 363 g/mol.